The summed E-state index contributed by atoms with van der Waals surface area (Å²) in [6.45, 7) is 0. The van der Waals surface area contributed by atoms with Gasteiger partial charge in [0.25, 0.3) is 5.78 Å². The summed E-state index contributed by atoms with van der Waals surface area (Å²) in [4.78, 5) is 15.5. The Labute approximate surface area is 127 Å². The molecule has 1 aromatic heterocycles. The van der Waals surface area contributed by atoms with Gasteiger partial charge >= 0.3 is 6.18 Å². The first-order valence-corrected chi connectivity index (χ1v) is 6.66. The van der Waals surface area contributed by atoms with Crippen molar-refractivity contribution in [1.82, 2.24) is 4.98 Å². The predicted molar refractivity (Wildman–Crippen MR) is 77.3 cm³/mol. The van der Waals surface area contributed by atoms with Gasteiger partial charge in [-0.25, -0.2) is 0 Å². The molecule has 0 spiro atoms. The Bertz CT molecular complexity index is 664. The molecule has 0 N–H and O–H groups in total. The Morgan fingerprint density at radius 3 is 2.33 bits per heavy atom. The number of nitrogens with zero attached hydrogens (tertiary/aromatic N) is 1. The topological polar surface area (TPSA) is 30.0 Å². The molecular formula is C15H9BrF3NO. The Hall–Kier alpha value is -1.95. The lowest BCUT2D eigenvalue weighted by atomic mass is 9.99. The van der Waals surface area contributed by atoms with E-state index in [0.717, 1.165) is 0 Å². The highest BCUT2D eigenvalue weighted by Gasteiger charge is 2.40. The third-order valence-electron chi connectivity index (χ3n) is 2.65. The van der Waals surface area contributed by atoms with Crippen molar-refractivity contribution in [2.45, 2.75) is 6.18 Å². The molecule has 0 radical (unpaired) electrons. The molecule has 0 saturated heterocycles. The lowest BCUT2D eigenvalue weighted by Crippen LogP contribution is -2.23. The SMILES string of the molecule is O=C(/C(=C/c1cccnc1)c1ccc(Br)cc1)C(F)(F)F. The fourth-order valence-corrected chi connectivity index (χ4v) is 1.95. The summed E-state index contributed by atoms with van der Waals surface area (Å²) in [6.07, 6.45) is -0.849. The lowest BCUT2D eigenvalue weighted by molar-refractivity contribution is -0.164. The van der Waals surface area contributed by atoms with Gasteiger partial charge in [-0.05, 0) is 35.4 Å². The fraction of sp³-hybridized carbons (Fsp3) is 0.0667. The molecule has 0 fully saturated rings. The summed E-state index contributed by atoms with van der Waals surface area (Å²) in [6, 6.07) is 9.23. The van der Waals surface area contributed by atoms with Crippen LogP contribution in [0.5, 0.6) is 0 Å². The van der Waals surface area contributed by atoms with Crippen LogP contribution in [0, 0.1) is 0 Å². The van der Waals surface area contributed by atoms with Crippen LogP contribution in [0.3, 0.4) is 0 Å². The van der Waals surface area contributed by atoms with Crippen LogP contribution in [0.15, 0.2) is 53.3 Å². The molecule has 0 aliphatic carbocycles. The summed E-state index contributed by atoms with van der Waals surface area (Å²) in [7, 11) is 0. The maximum atomic E-state index is 12.8. The van der Waals surface area contributed by atoms with Crippen LogP contribution in [0.25, 0.3) is 11.6 Å². The van der Waals surface area contributed by atoms with Gasteiger partial charge in [0.2, 0.25) is 0 Å². The Balaban J connectivity index is 2.52. The average molecular weight is 356 g/mol. The Morgan fingerprint density at radius 1 is 1.14 bits per heavy atom. The molecule has 0 unspecified atom stereocenters. The number of Topliss-reactive ketones (excluding diaryl/α,β-unsaturated/α-hetero) is 1. The van der Waals surface area contributed by atoms with Gasteiger partial charge in [0, 0.05) is 22.4 Å². The molecule has 2 aromatic rings. The van der Waals surface area contributed by atoms with E-state index in [1.807, 2.05) is 0 Å². The first kappa shape index (κ1) is 15.4. The normalized spacial score (nSPS) is 12.3. The van der Waals surface area contributed by atoms with Crippen LogP contribution < -0.4 is 0 Å². The van der Waals surface area contributed by atoms with Crippen molar-refractivity contribution in [2.75, 3.05) is 0 Å². The maximum Gasteiger partial charge on any atom is 0.454 e. The van der Waals surface area contributed by atoms with E-state index in [1.165, 1.54) is 30.6 Å². The number of ketones is 1. The largest absolute Gasteiger partial charge is 0.454 e. The van der Waals surface area contributed by atoms with E-state index in [0.29, 0.717) is 10.0 Å². The summed E-state index contributed by atoms with van der Waals surface area (Å²) in [5.74, 6) is -1.88. The minimum atomic E-state index is -4.93. The van der Waals surface area contributed by atoms with Crippen LogP contribution in [-0.4, -0.2) is 16.9 Å². The van der Waals surface area contributed by atoms with Crippen LogP contribution in [0.4, 0.5) is 13.2 Å². The van der Waals surface area contributed by atoms with Gasteiger partial charge in [-0.3, -0.25) is 9.78 Å². The third-order valence-corrected chi connectivity index (χ3v) is 3.18. The van der Waals surface area contributed by atoms with Crippen molar-refractivity contribution in [3.63, 3.8) is 0 Å². The Kier molecular flexibility index (Phi) is 4.57. The van der Waals surface area contributed by atoms with Crippen LogP contribution >= 0.6 is 15.9 Å². The second-order valence-electron chi connectivity index (χ2n) is 4.18. The molecule has 0 amide bonds. The molecule has 6 heteroatoms. The molecule has 1 aromatic carbocycles. The van der Waals surface area contributed by atoms with Crippen LogP contribution in [-0.2, 0) is 4.79 Å². The quantitative estimate of drug-likeness (QED) is 0.758. The number of hydrogen-bond acceptors (Lipinski definition) is 2. The van der Waals surface area contributed by atoms with Crippen molar-refractivity contribution < 1.29 is 18.0 Å². The molecule has 2 nitrogen and oxygen atoms in total. The van der Waals surface area contributed by atoms with Crippen LogP contribution in [0.1, 0.15) is 11.1 Å². The van der Waals surface area contributed by atoms with Crippen molar-refractivity contribution in [1.29, 1.82) is 0 Å². The van der Waals surface area contributed by atoms with E-state index >= 15 is 0 Å². The van der Waals surface area contributed by atoms with Gasteiger partial charge in [-0.15, -0.1) is 0 Å². The summed E-state index contributed by atoms with van der Waals surface area (Å²) in [5, 5.41) is 0. The zero-order valence-electron chi connectivity index (χ0n) is 10.6. The van der Waals surface area contributed by atoms with Crippen molar-refractivity contribution >= 4 is 33.4 Å². The van der Waals surface area contributed by atoms with Crippen molar-refractivity contribution in [3.05, 3.63) is 64.4 Å². The number of carbonyl (C=O) groups excluding carboxylic acids is 1. The van der Waals surface area contributed by atoms with E-state index in [4.69, 9.17) is 0 Å². The number of hydrogen-bond donors (Lipinski definition) is 0. The molecule has 0 saturated carbocycles. The summed E-state index contributed by atoms with van der Waals surface area (Å²) < 4.78 is 39.0. The highest BCUT2D eigenvalue weighted by Crippen LogP contribution is 2.29. The smallest absolute Gasteiger partial charge is 0.284 e. The first-order chi connectivity index (χ1) is 9.88. The monoisotopic (exact) mass is 355 g/mol. The van der Waals surface area contributed by atoms with E-state index in [1.54, 1.807) is 24.3 Å². The van der Waals surface area contributed by atoms with Gasteiger partial charge < -0.3 is 0 Å². The molecule has 2 rings (SSSR count). The predicted octanol–water partition coefficient (Wildman–Crippen LogP) is 4.52. The fourth-order valence-electron chi connectivity index (χ4n) is 1.69. The second-order valence-corrected chi connectivity index (χ2v) is 5.09. The maximum absolute atomic E-state index is 12.8. The minimum absolute atomic E-state index is 0.198. The highest BCUT2D eigenvalue weighted by atomic mass is 79.9. The number of pyridine rings is 1. The molecule has 21 heavy (non-hydrogen) atoms. The minimum Gasteiger partial charge on any atom is -0.284 e. The Morgan fingerprint density at radius 2 is 1.81 bits per heavy atom. The molecule has 0 aliphatic heterocycles. The zero-order chi connectivity index (χ0) is 15.5. The number of halogens is 4. The second kappa shape index (κ2) is 6.22. The van der Waals surface area contributed by atoms with Gasteiger partial charge in [0.15, 0.2) is 0 Å². The average Bonchev–Trinajstić information content (AvgIpc) is 2.45. The molecule has 0 aliphatic rings. The van der Waals surface area contributed by atoms with Crippen LogP contribution in [0.2, 0.25) is 0 Å². The van der Waals surface area contributed by atoms with Crippen molar-refractivity contribution in [3.8, 4) is 0 Å². The van der Waals surface area contributed by atoms with Gasteiger partial charge in [0.1, 0.15) is 0 Å². The highest BCUT2D eigenvalue weighted by molar-refractivity contribution is 9.10. The van der Waals surface area contributed by atoms with E-state index < -0.39 is 17.5 Å². The summed E-state index contributed by atoms with van der Waals surface area (Å²) in [5.41, 5.74) is 0.209. The van der Waals surface area contributed by atoms with Crippen molar-refractivity contribution in [2.24, 2.45) is 0 Å². The standard InChI is InChI=1S/C15H9BrF3NO/c16-12-5-3-11(4-6-12)13(14(21)15(17,18)19)8-10-2-1-7-20-9-10/h1-9H/b13-8+. The van der Waals surface area contributed by atoms with E-state index in [2.05, 4.69) is 20.9 Å². The number of aromatic nitrogens is 1. The molecule has 1 heterocycles. The number of benzene rings is 1. The van der Waals surface area contributed by atoms with E-state index in [9.17, 15) is 18.0 Å². The molecule has 0 atom stereocenters. The summed E-state index contributed by atoms with van der Waals surface area (Å²) >= 11 is 3.20. The number of rotatable bonds is 3. The molecule has 108 valence electrons. The zero-order valence-corrected chi connectivity index (χ0v) is 12.1. The number of allylic oxidation sites excluding steroid dienone is 1. The number of alkyl halides is 3. The van der Waals surface area contributed by atoms with Gasteiger partial charge in [-0.1, -0.05) is 34.1 Å². The third kappa shape index (κ3) is 4.01. The molecule has 0 bridgehead atoms. The molecular weight excluding hydrogens is 347 g/mol. The van der Waals surface area contributed by atoms with Gasteiger partial charge in [-0.2, -0.15) is 13.2 Å². The first-order valence-electron chi connectivity index (χ1n) is 5.87. The van der Waals surface area contributed by atoms with E-state index in [-0.39, 0.29) is 5.56 Å². The van der Waals surface area contributed by atoms with Gasteiger partial charge in [0.05, 0.1) is 0 Å². The number of carbonyl (C=O) groups is 1. The lowest BCUT2D eigenvalue weighted by Gasteiger charge is -2.10.